The maximum atomic E-state index is 12.7. The molecule has 2 aromatic rings. The summed E-state index contributed by atoms with van der Waals surface area (Å²) in [5.41, 5.74) is 2.44. The van der Waals surface area contributed by atoms with Gasteiger partial charge in [-0.3, -0.25) is 9.69 Å². The van der Waals surface area contributed by atoms with Crippen molar-refractivity contribution in [1.82, 2.24) is 25.3 Å². The Morgan fingerprint density at radius 1 is 1.26 bits per heavy atom. The fraction of sp³-hybridized carbons (Fsp3) is 0.474. The van der Waals surface area contributed by atoms with Crippen LogP contribution >= 0.6 is 24.0 Å². The lowest BCUT2D eigenvalue weighted by atomic mass is 10.1. The Kier molecular flexibility index (Phi) is 8.10. The van der Waals surface area contributed by atoms with E-state index in [-0.39, 0.29) is 24.2 Å². The van der Waals surface area contributed by atoms with Crippen LogP contribution in [0.3, 0.4) is 0 Å². The molecule has 1 fully saturated rings. The molecule has 148 valence electrons. The second-order valence-corrected chi connectivity index (χ2v) is 7.27. The molecule has 0 saturated carbocycles. The predicted molar refractivity (Wildman–Crippen MR) is 112 cm³/mol. The van der Waals surface area contributed by atoms with Crippen molar-refractivity contribution in [2.24, 2.45) is 0 Å². The summed E-state index contributed by atoms with van der Waals surface area (Å²) in [6.07, 6.45) is 1.66. The fourth-order valence-electron chi connectivity index (χ4n) is 3.23. The van der Waals surface area contributed by atoms with Gasteiger partial charge in [0.05, 0.1) is 23.1 Å². The number of rotatable bonds is 6. The highest BCUT2D eigenvalue weighted by Crippen LogP contribution is 2.23. The van der Waals surface area contributed by atoms with E-state index in [0.717, 1.165) is 44.1 Å². The Morgan fingerprint density at radius 3 is 2.56 bits per heavy atom. The maximum Gasteiger partial charge on any atom is 0.254 e. The molecule has 1 aliphatic heterocycles. The van der Waals surface area contributed by atoms with Crippen LogP contribution < -0.4 is 10.6 Å². The van der Waals surface area contributed by atoms with Crippen LogP contribution in [0.1, 0.15) is 35.8 Å². The van der Waals surface area contributed by atoms with Crippen LogP contribution in [0.4, 0.5) is 0 Å². The zero-order valence-electron chi connectivity index (χ0n) is 15.7. The lowest BCUT2D eigenvalue weighted by molar-refractivity contribution is 0.0946. The van der Waals surface area contributed by atoms with Gasteiger partial charge in [-0.2, -0.15) is 5.10 Å². The van der Waals surface area contributed by atoms with Crippen molar-refractivity contribution >= 4 is 29.9 Å². The van der Waals surface area contributed by atoms with Crippen LogP contribution in [0.25, 0.3) is 5.69 Å². The van der Waals surface area contributed by atoms with Crippen molar-refractivity contribution in [3.8, 4) is 5.69 Å². The van der Waals surface area contributed by atoms with Crippen molar-refractivity contribution < 1.29 is 4.79 Å². The zero-order valence-corrected chi connectivity index (χ0v) is 17.3. The average molecular weight is 412 g/mol. The standard InChI is InChI=1S/C19H26ClN5O.ClH/c1-14(2)18-17(13-23-25(18)16-5-3-15(20)4-6-16)19(26)22-9-12-24-10-7-21-8-11-24;/h3-6,13-14,21H,7-12H2,1-2H3,(H,22,26);1H. The van der Waals surface area contributed by atoms with E-state index in [1.165, 1.54) is 0 Å². The van der Waals surface area contributed by atoms with E-state index < -0.39 is 0 Å². The number of hydrogen-bond acceptors (Lipinski definition) is 4. The van der Waals surface area contributed by atoms with E-state index in [2.05, 4.69) is 34.5 Å². The van der Waals surface area contributed by atoms with Gasteiger partial charge in [0.25, 0.3) is 5.91 Å². The summed E-state index contributed by atoms with van der Waals surface area (Å²) in [6, 6.07) is 7.48. The molecule has 2 N–H and O–H groups in total. The number of halogens is 2. The molecule has 6 nitrogen and oxygen atoms in total. The first-order valence-corrected chi connectivity index (χ1v) is 9.49. The molecular formula is C19H27Cl2N5O. The summed E-state index contributed by atoms with van der Waals surface area (Å²) in [7, 11) is 0. The summed E-state index contributed by atoms with van der Waals surface area (Å²) in [4.78, 5) is 15.1. The second-order valence-electron chi connectivity index (χ2n) is 6.83. The monoisotopic (exact) mass is 411 g/mol. The van der Waals surface area contributed by atoms with Crippen LogP contribution in [0, 0.1) is 0 Å². The minimum absolute atomic E-state index is 0. The van der Waals surface area contributed by atoms with E-state index in [0.29, 0.717) is 17.1 Å². The van der Waals surface area contributed by atoms with Crippen LogP contribution in [0.15, 0.2) is 30.5 Å². The predicted octanol–water partition coefficient (Wildman–Crippen LogP) is 2.71. The van der Waals surface area contributed by atoms with Crippen LogP contribution in [-0.2, 0) is 0 Å². The van der Waals surface area contributed by atoms with Crippen molar-refractivity contribution in [2.45, 2.75) is 19.8 Å². The van der Waals surface area contributed by atoms with Crippen molar-refractivity contribution in [3.63, 3.8) is 0 Å². The quantitative estimate of drug-likeness (QED) is 0.766. The van der Waals surface area contributed by atoms with Gasteiger partial charge in [-0.15, -0.1) is 12.4 Å². The first-order chi connectivity index (χ1) is 12.6. The van der Waals surface area contributed by atoms with Gasteiger partial charge in [0.1, 0.15) is 0 Å². The van der Waals surface area contributed by atoms with Crippen LogP contribution in [-0.4, -0.2) is 59.9 Å². The number of nitrogens with zero attached hydrogens (tertiary/aromatic N) is 3. The van der Waals surface area contributed by atoms with Crippen molar-refractivity contribution in [3.05, 3.63) is 46.7 Å². The summed E-state index contributed by atoms with van der Waals surface area (Å²) in [5.74, 6) is 0.103. The highest BCUT2D eigenvalue weighted by atomic mass is 35.5. The molecule has 0 unspecified atom stereocenters. The van der Waals surface area contributed by atoms with E-state index in [4.69, 9.17) is 11.6 Å². The Bertz CT molecular complexity index is 739. The topological polar surface area (TPSA) is 62.2 Å². The number of carbonyl (C=O) groups excluding carboxylic acids is 1. The summed E-state index contributed by atoms with van der Waals surface area (Å²) in [6.45, 7) is 9.74. The van der Waals surface area contributed by atoms with Gasteiger partial charge in [0.15, 0.2) is 0 Å². The Morgan fingerprint density at radius 2 is 1.93 bits per heavy atom. The normalized spacial score (nSPS) is 14.8. The van der Waals surface area contributed by atoms with Gasteiger partial charge < -0.3 is 10.6 Å². The largest absolute Gasteiger partial charge is 0.351 e. The highest BCUT2D eigenvalue weighted by molar-refractivity contribution is 6.30. The molecule has 27 heavy (non-hydrogen) atoms. The molecule has 0 atom stereocenters. The van der Waals surface area contributed by atoms with Gasteiger partial charge in [-0.05, 0) is 30.2 Å². The van der Waals surface area contributed by atoms with Gasteiger partial charge in [-0.25, -0.2) is 4.68 Å². The molecule has 1 aromatic heterocycles. The average Bonchev–Trinajstić information content (AvgIpc) is 3.08. The second kappa shape index (κ2) is 10.1. The Balaban J connectivity index is 0.00000261. The minimum Gasteiger partial charge on any atom is -0.351 e. The third-order valence-electron chi connectivity index (χ3n) is 4.59. The lowest BCUT2D eigenvalue weighted by Gasteiger charge is -2.27. The fourth-order valence-corrected chi connectivity index (χ4v) is 3.36. The molecule has 2 heterocycles. The van der Waals surface area contributed by atoms with Crippen molar-refractivity contribution in [2.75, 3.05) is 39.3 Å². The smallest absolute Gasteiger partial charge is 0.254 e. The number of piperazine rings is 1. The lowest BCUT2D eigenvalue weighted by Crippen LogP contribution is -2.46. The van der Waals surface area contributed by atoms with Gasteiger partial charge >= 0.3 is 0 Å². The Hall–Kier alpha value is -1.60. The molecule has 3 rings (SSSR count). The van der Waals surface area contributed by atoms with Crippen molar-refractivity contribution in [1.29, 1.82) is 0 Å². The molecule has 0 bridgehead atoms. The zero-order chi connectivity index (χ0) is 18.5. The van der Waals surface area contributed by atoms with E-state index >= 15 is 0 Å². The van der Waals surface area contributed by atoms with Gasteiger partial charge in [-0.1, -0.05) is 25.4 Å². The minimum atomic E-state index is -0.0657. The molecule has 0 aliphatic carbocycles. The third-order valence-corrected chi connectivity index (χ3v) is 4.84. The molecule has 1 saturated heterocycles. The van der Waals surface area contributed by atoms with Gasteiger partial charge in [0, 0.05) is 44.3 Å². The first kappa shape index (κ1) is 21.7. The number of nitrogens with one attached hydrogen (secondary N) is 2. The molecule has 1 aromatic carbocycles. The Labute approximate surface area is 171 Å². The molecule has 0 radical (unpaired) electrons. The number of carbonyl (C=O) groups is 1. The summed E-state index contributed by atoms with van der Waals surface area (Å²) < 4.78 is 1.83. The van der Waals surface area contributed by atoms with Crippen LogP contribution in [0.5, 0.6) is 0 Å². The highest BCUT2D eigenvalue weighted by Gasteiger charge is 2.21. The molecule has 1 aliphatic rings. The number of aromatic nitrogens is 2. The number of hydrogen-bond donors (Lipinski definition) is 2. The molecule has 8 heteroatoms. The first-order valence-electron chi connectivity index (χ1n) is 9.11. The number of benzene rings is 1. The molecule has 1 amide bonds. The van der Waals surface area contributed by atoms with E-state index in [1.807, 2.05) is 28.9 Å². The van der Waals surface area contributed by atoms with Crippen LogP contribution in [0.2, 0.25) is 5.02 Å². The summed E-state index contributed by atoms with van der Waals surface area (Å²) in [5, 5.41) is 11.5. The van der Waals surface area contributed by atoms with E-state index in [9.17, 15) is 4.79 Å². The third kappa shape index (κ3) is 5.45. The maximum absolute atomic E-state index is 12.7. The van der Waals surface area contributed by atoms with E-state index in [1.54, 1.807) is 6.20 Å². The molecular weight excluding hydrogens is 385 g/mol. The summed E-state index contributed by atoms with van der Waals surface area (Å²) >= 11 is 5.98. The van der Waals surface area contributed by atoms with Gasteiger partial charge in [0.2, 0.25) is 0 Å². The SMILES string of the molecule is CC(C)c1c(C(=O)NCCN2CCNCC2)cnn1-c1ccc(Cl)cc1.Cl. The number of amides is 1. The molecule has 0 spiro atoms.